The smallest absolute Gasteiger partial charge is 0.309 e. The number of carbonyl (C=O) groups is 2. The van der Waals surface area contributed by atoms with E-state index >= 15 is 0 Å². The van der Waals surface area contributed by atoms with Gasteiger partial charge in [0.15, 0.2) is 0 Å². The third-order valence-electron chi connectivity index (χ3n) is 4.23. The fourth-order valence-corrected chi connectivity index (χ4v) is 3.45. The van der Waals surface area contributed by atoms with Crippen LogP contribution >= 0.6 is 0 Å². The SMILES string of the molecule is CC(C)(C)OC(=O)[C@H]1C[C@@]2(C)CC=C[C@@](C)(C1)C2=O. The molecule has 0 aromatic carbocycles. The molecule has 2 bridgehead atoms. The highest BCUT2D eigenvalue weighted by molar-refractivity contribution is 5.95. The predicted octanol–water partition coefficient (Wildman–Crippen LogP) is 3.28. The topological polar surface area (TPSA) is 43.4 Å². The molecule has 1 saturated carbocycles. The second-order valence-electron chi connectivity index (χ2n) is 7.55. The van der Waals surface area contributed by atoms with Gasteiger partial charge in [-0.3, -0.25) is 9.59 Å². The van der Waals surface area contributed by atoms with Crippen LogP contribution in [0.4, 0.5) is 0 Å². The van der Waals surface area contributed by atoms with E-state index in [1.807, 2.05) is 40.7 Å². The Labute approximate surface area is 115 Å². The molecule has 2 aliphatic rings. The predicted molar refractivity (Wildman–Crippen MR) is 73.5 cm³/mol. The molecule has 0 heterocycles. The van der Waals surface area contributed by atoms with E-state index in [0.717, 1.165) is 6.42 Å². The van der Waals surface area contributed by atoms with Crippen molar-refractivity contribution in [2.45, 2.75) is 59.5 Å². The van der Waals surface area contributed by atoms with Crippen molar-refractivity contribution in [2.24, 2.45) is 16.7 Å². The van der Waals surface area contributed by atoms with Crippen molar-refractivity contribution in [3.8, 4) is 0 Å². The highest BCUT2D eigenvalue weighted by Crippen LogP contribution is 2.51. The number of hydrogen-bond donors (Lipinski definition) is 0. The van der Waals surface area contributed by atoms with E-state index < -0.39 is 16.4 Å². The minimum Gasteiger partial charge on any atom is -0.460 e. The van der Waals surface area contributed by atoms with Gasteiger partial charge < -0.3 is 4.74 Å². The number of fused-ring (bicyclic) bond motifs is 2. The number of ether oxygens (including phenoxy) is 1. The minimum atomic E-state index is -0.493. The van der Waals surface area contributed by atoms with Crippen molar-refractivity contribution in [1.82, 2.24) is 0 Å². The zero-order valence-corrected chi connectivity index (χ0v) is 12.6. The van der Waals surface area contributed by atoms with Gasteiger partial charge in [0.2, 0.25) is 0 Å². The van der Waals surface area contributed by atoms with Crippen LogP contribution in [0.5, 0.6) is 0 Å². The van der Waals surface area contributed by atoms with E-state index in [0.29, 0.717) is 12.8 Å². The molecular weight excluding hydrogens is 240 g/mol. The van der Waals surface area contributed by atoms with Crippen LogP contribution in [-0.2, 0) is 14.3 Å². The Hall–Kier alpha value is -1.12. The molecular formula is C16H24O3. The van der Waals surface area contributed by atoms with Gasteiger partial charge in [-0.2, -0.15) is 0 Å². The first-order chi connectivity index (χ1) is 8.56. The van der Waals surface area contributed by atoms with Crippen LogP contribution in [0.25, 0.3) is 0 Å². The van der Waals surface area contributed by atoms with Gasteiger partial charge in [0.25, 0.3) is 0 Å². The minimum absolute atomic E-state index is 0.159. The summed E-state index contributed by atoms with van der Waals surface area (Å²) >= 11 is 0. The number of allylic oxidation sites excluding steroid dienone is 2. The summed E-state index contributed by atoms with van der Waals surface area (Å²) in [5.41, 5.74) is -1.36. The Kier molecular flexibility index (Phi) is 3.15. The normalized spacial score (nSPS) is 38.2. The van der Waals surface area contributed by atoms with Crippen molar-refractivity contribution < 1.29 is 14.3 Å². The third-order valence-corrected chi connectivity index (χ3v) is 4.23. The number of Topliss-reactive ketones (excluding diaryl/α,β-unsaturated/α-hetero) is 1. The fourth-order valence-electron chi connectivity index (χ4n) is 3.45. The van der Waals surface area contributed by atoms with Crippen LogP contribution in [0.2, 0.25) is 0 Å². The van der Waals surface area contributed by atoms with E-state index in [9.17, 15) is 9.59 Å². The van der Waals surface area contributed by atoms with Crippen LogP contribution in [0.1, 0.15) is 53.9 Å². The fraction of sp³-hybridized carbons (Fsp3) is 0.750. The van der Waals surface area contributed by atoms with E-state index in [1.54, 1.807) is 0 Å². The van der Waals surface area contributed by atoms with Gasteiger partial charge in [0.05, 0.1) is 5.92 Å². The molecule has 0 aliphatic heterocycles. The van der Waals surface area contributed by atoms with Gasteiger partial charge in [0, 0.05) is 10.8 Å². The largest absolute Gasteiger partial charge is 0.460 e. The molecule has 2 rings (SSSR count). The summed E-state index contributed by atoms with van der Waals surface area (Å²) in [6.45, 7) is 9.56. The summed E-state index contributed by atoms with van der Waals surface area (Å²) in [6.07, 6.45) is 5.99. The average molecular weight is 264 g/mol. The van der Waals surface area contributed by atoms with Crippen molar-refractivity contribution >= 4 is 11.8 Å². The second-order valence-corrected chi connectivity index (χ2v) is 7.55. The molecule has 0 radical (unpaired) electrons. The number of ketones is 1. The Balaban J connectivity index is 2.22. The van der Waals surface area contributed by atoms with Gasteiger partial charge in [-0.15, -0.1) is 0 Å². The molecule has 0 spiro atoms. The van der Waals surface area contributed by atoms with Gasteiger partial charge >= 0.3 is 5.97 Å². The number of esters is 1. The van der Waals surface area contributed by atoms with Crippen molar-refractivity contribution in [2.75, 3.05) is 0 Å². The molecule has 0 saturated heterocycles. The summed E-state index contributed by atoms with van der Waals surface area (Å²) < 4.78 is 5.49. The van der Waals surface area contributed by atoms with E-state index in [1.165, 1.54) is 0 Å². The first-order valence-corrected chi connectivity index (χ1v) is 7.01. The van der Waals surface area contributed by atoms with Crippen LogP contribution in [0.15, 0.2) is 12.2 Å². The number of rotatable bonds is 1. The van der Waals surface area contributed by atoms with Crippen LogP contribution in [0, 0.1) is 16.7 Å². The van der Waals surface area contributed by atoms with E-state index in [-0.39, 0.29) is 17.7 Å². The zero-order chi connectivity index (χ0) is 14.5. The second kappa shape index (κ2) is 4.19. The van der Waals surface area contributed by atoms with Crippen molar-refractivity contribution in [1.29, 1.82) is 0 Å². The van der Waals surface area contributed by atoms with Crippen molar-refractivity contribution in [3.63, 3.8) is 0 Å². The first kappa shape index (κ1) is 14.3. The molecule has 19 heavy (non-hydrogen) atoms. The molecule has 0 unspecified atom stereocenters. The summed E-state index contributed by atoms with van der Waals surface area (Å²) in [6, 6.07) is 0. The summed E-state index contributed by atoms with van der Waals surface area (Å²) in [5.74, 6) is -0.0491. The Morgan fingerprint density at radius 3 is 2.47 bits per heavy atom. The van der Waals surface area contributed by atoms with Crippen LogP contribution in [-0.4, -0.2) is 17.4 Å². The lowest BCUT2D eigenvalue weighted by Gasteiger charge is -2.47. The maximum atomic E-state index is 12.5. The lowest BCUT2D eigenvalue weighted by atomic mass is 9.55. The molecule has 0 N–H and O–H groups in total. The molecule has 0 aromatic heterocycles. The van der Waals surface area contributed by atoms with Gasteiger partial charge in [-0.05, 0) is 47.0 Å². The van der Waals surface area contributed by atoms with E-state index in [2.05, 4.69) is 6.08 Å². The zero-order valence-electron chi connectivity index (χ0n) is 12.6. The average Bonchev–Trinajstić information content (AvgIpc) is 2.20. The Morgan fingerprint density at radius 1 is 1.32 bits per heavy atom. The summed E-state index contributed by atoms with van der Waals surface area (Å²) in [7, 11) is 0. The molecule has 3 nitrogen and oxygen atoms in total. The summed E-state index contributed by atoms with van der Waals surface area (Å²) in [4.78, 5) is 24.8. The lowest BCUT2D eigenvalue weighted by Crippen LogP contribution is -2.50. The maximum Gasteiger partial charge on any atom is 0.309 e. The van der Waals surface area contributed by atoms with Gasteiger partial charge in [-0.25, -0.2) is 0 Å². The monoisotopic (exact) mass is 264 g/mol. The van der Waals surface area contributed by atoms with Gasteiger partial charge in [-0.1, -0.05) is 19.1 Å². The molecule has 1 fully saturated rings. The number of carbonyl (C=O) groups excluding carboxylic acids is 2. The van der Waals surface area contributed by atoms with Gasteiger partial charge in [0.1, 0.15) is 11.4 Å². The van der Waals surface area contributed by atoms with Crippen LogP contribution < -0.4 is 0 Å². The molecule has 106 valence electrons. The Morgan fingerprint density at radius 2 is 1.95 bits per heavy atom. The molecule has 3 heteroatoms. The standard InChI is InChI=1S/C16H24O3/c1-14(2,3)19-12(17)11-9-15(4)7-6-8-16(5,10-11)13(15)18/h6-7,11H,8-10H2,1-5H3/t11-,15+,16-/m1/s1. The summed E-state index contributed by atoms with van der Waals surface area (Å²) in [5, 5.41) is 0. The van der Waals surface area contributed by atoms with Crippen molar-refractivity contribution in [3.05, 3.63) is 12.2 Å². The number of hydrogen-bond acceptors (Lipinski definition) is 3. The lowest BCUT2D eigenvalue weighted by molar-refractivity contribution is -0.166. The van der Waals surface area contributed by atoms with E-state index in [4.69, 9.17) is 4.74 Å². The molecule has 3 atom stereocenters. The van der Waals surface area contributed by atoms with Crippen LogP contribution in [0.3, 0.4) is 0 Å². The quantitative estimate of drug-likeness (QED) is 0.539. The third kappa shape index (κ3) is 2.60. The highest BCUT2D eigenvalue weighted by Gasteiger charge is 2.53. The molecule has 0 amide bonds. The maximum absolute atomic E-state index is 12.5. The first-order valence-electron chi connectivity index (χ1n) is 7.01. The highest BCUT2D eigenvalue weighted by atomic mass is 16.6. The molecule has 2 aliphatic carbocycles. The molecule has 0 aromatic rings. The Bertz CT molecular complexity index is 443.